The molecule has 0 radical (unpaired) electrons. The molecule has 1 aliphatic heterocycles. The number of nitrogens with one attached hydrogen (secondary N) is 1. The maximum absolute atomic E-state index is 13.8. The van der Waals surface area contributed by atoms with Crippen LogP contribution in [0.3, 0.4) is 0 Å². The topological polar surface area (TPSA) is 90.9 Å². The van der Waals surface area contributed by atoms with Crippen LogP contribution < -0.4 is 4.74 Å². The van der Waals surface area contributed by atoms with Crippen molar-refractivity contribution in [3.8, 4) is 22.6 Å². The number of phenols is 1. The number of nitrogens with zero attached hydrogens (tertiary/aromatic N) is 3. The van der Waals surface area contributed by atoms with Gasteiger partial charge in [-0.25, -0.2) is 4.39 Å². The first-order valence-corrected chi connectivity index (χ1v) is 11.9. The number of hydrogen-bond acceptors (Lipinski definition) is 6. The quantitative estimate of drug-likeness (QED) is 0.480. The van der Waals surface area contributed by atoms with Crippen LogP contribution in [-0.2, 0) is 9.53 Å². The van der Waals surface area contributed by atoms with Crippen molar-refractivity contribution in [1.29, 1.82) is 0 Å². The van der Waals surface area contributed by atoms with Crippen molar-refractivity contribution in [3.05, 3.63) is 55.0 Å². The third-order valence-electron chi connectivity index (χ3n) is 6.78. The van der Waals surface area contributed by atoms with E-state index in [0.717, 1.165) is 35.1 Å². The molecule has 2 heterocycles. The summed E-state index contributed by atoms with van der Waals surface area (Å²) in [5, 5.41) is 17.6. The van der Waals surface area contributed by atoms with E-state index in [2.05, 4.69) is 21.7 Å². The normalized spacial score (nSPS) is 20.4. The first-order valence-electron chi connectivity index (χ1n) is 11.9. The van der Waals surface area contributed by atoms with Crippen molar-refractivity contribution in [2.24, 2.45) is 0 Å². The number of fused-ring (bicyclic) bond motifs is 1. The Hall–Kier alpha value is -3.43. The van der Waals surface area contributed by atoms with Gasteiger partial charge in [0.15, 0.2) is 5.83 Å². The van der Waals surface area contributed by atoms with Crippen LogP contribution in [-0.4, -0.2) is 82.5 Å². The maximum atomic E-state index is 13.8. The summed E-state index contributed by atoms with van der Waals surface area (Å²) >= 11 is 0. The number of benzene rings is 2. The molecule has 3 aromatic rings. The molecule has 1 amide bonds. The number of halogens is 1. The second-order valence-corrected chi connectivity index (χ2v) is 9.08. The number of H-pyrrole nitrogens is 1. The van der Waals surface area contributed by atoms with E-state index in [1.807, 2.05) is 24.3 Å². The largest absolute Gasteiger partial charge is 0.508 e. The van der Waals surface area contributed by atoms with Gasteiger partial charge in [-0.3, -0.25) is 14.8 Å². The van der Waals surface area contributed by atoms with E-state index in [9.17, 15) is 14.3 Å². The molecule has 0 unspecified atom stereocenters. The van der Waals surface area contributed by atoms with Crippen molar-refractivity contribution >= 4 is 16.8 Å². The highest BCUT2D eigenvalue weighted by atomic mass is 19.1. The second-order valence-electron chi connectivity index (χ2n) is 9.08. The summed E-state index contributed by atoms with van der Waals surface area (Å²) in [6.07, 6.45) is 2.86. The molecule has 1 saturated carbocycles. The Bertz CT molecular complexity index is 1200. The summed E-state index contributed by atoms with van der Waals surface area (Å²) in [7, 11) is 0. The van der Waals surface area contributed by atoms with Gasteiger partial charge in [0, 0.05) is 45.1 Å². The zero-order valence-electron chi connectivity index (χ0n) is 19.5. The molecule has 5 rings (SSSR count). The Kier molecular flexibility index (Phi) is 6.70. The molecular weight excluding hydrogens is 451 g/mol. The molecule has 2 fully saturated rings. The SMILES string of the molecule is C=C(F)C(=O)N(CCN1CCOCC1)C1CC(Oc2cc(-c3ccc(O)cc3)cc3[nH]ncc23)C1. The molecule has 1 aromatic heterocycles. The number of aromatic hydroxyl groups is 1. The molecule has 2 aliphatic rings. The van der Waals surface area contributed by atoms with E-state index >= 15 is 0 Å². The zero-order chi connectivity index (χ0) is 24.4. The molecule has 1 saturated heterocycles. The summed E-state index contributed by atoms with van der Waals surface area (Å²) in [5.74, 6) is -0.674. The number of carbonyl (C=O) groups is 1. The third-order valence-corrected chi connectivity index (χ3v) is 6.78. The fourth-order valence-corrected chi connectivity index (χ4v) is 4.68. The van der Waals surface area contributed by atoms with E-state index in [-0.39, 0.29) is 17.9 Å². The van der Waals surface area contributed by atoms with Gasteiger partial charge in [0.05, 0.1) is 30.3 Å². The van der Waals surface area contributed by atoms with Crippen LogP contribution in [0.5, 0.6) is 11.5 Å². The molecule has 184 valence electrons. The third kappa shape index (κ3) is 5.16. The Morgan fingerprint density at radius 3 is 2.69 bits per heavy atom. The Morgan fingerprint density at radius 2 is 1.97 bits per heavy atom. The summed E-state index contributed by atoms with van der Waals surface area (Å²) in [6.45, 7) is 7.32. The van der Waals surface area contributed by atoms with Crippen LogP contribution in [0.1, 0.15) is 12.8 Å². The summed E-state index contributed by atoms with van der Waals surface area (Å²) in [4.78, 5) is 16.3. The lowest BCUT2D eigenvalue weighted by molar-refractivity contribution is -0.135. The summed E-state index contributed by atoms with van der Waals surface area (Å²) in [6, 6.07) is 10.8. The smallest absolute Gasteiger partial charge is 0.282 e. The Morgan fingerprint density at radius 1 is 1.23 bits per heavy atom. The van der Waals surface area contributed by atoms with Gasteiger partial charge in [0.25, 0.3) is 5.91 Å². The first kappa shape index (κ1) is 23.3. The molecule has 9 heteroatoms. The molecule has 0 atom stereocenters. The number of hydrogen-bond donors (Lipinski definition) is 2. The Labute approximate surface area is 202 Å². The number of carbonyl (C=O) groups excluding carboxylic acids is 1. The fourth-order valence-electron chi connectivity index (χ4n) is 4.68. The van der Waals surface area contributed by atoms with E-state index in [1.54, 1.807) is 23.2 Å². The number of rotatable bonds is 8. The number of aromatic nitrogens is 2. The van der Waals surface area contributed by atoms with Crippen LogP contribution in [0.4, 0.5) is 4.39 Å². The lowest BCUT2D eigenvalue weighted by Gasteiger charge is -2.43. The molecule has 2 N–H and O–H groups in total. The van der Waals surface area contributed by atoms with Gasteiger partial charge in [-0.15, -0.1) is 0 Å². The number of aromatic amines is 1. The van der Waals surface area contributed by atoms with Gasteiger partial charge in [-0.05, 0) is 35.4 Å². The van der Waals surface area contributed by atoms with Crippen molar-refractivity contribution in [3.63, 3.8) is 0 Å². The number of amides is 1. The minimum atomic E-state index is -0.932. The lowest BCUT2D eigenvalue weighted by Crippen LogP contribution is -2.54. The fraction of sp³-hybridized carbons (Fsp3) is 0.385. The average molecular weight is 481 g/mol. The molecule has 35 heavy (non-hydrogen) atoms. The van der Waals surface area contributed by atoms with E-state index in [4.69, 9.17) is 9.47 Å². The van der Waals surface area contributed by atoms with E-state index in [0.29, 0.717) is 44.9 Å². The van der Waals surface area contributed by atoms with Crippen LogP contribution in [0.2, 0.25) is 0 Å². The Balaban J connectivity index is 1.27. The van der Waals surface area contributed by atoms with Crippen LogP contribution in [0, 0.1) is 0 Å². The van der Waals surface area contributed by atoms with Crippen molar-refractivity contribution in [1.82, 2.24) is 20.0 Å². The summed E-state index contributed by atoms with van der Waals surface area (Å²) < 4.78 is 25.5. The molecule has 1 aliphatic carbocycles. The standard InChI is InChI=1S/C26H29FN4O4/c1-17(27)26(33)31(7-6-30-8-10-34-11-9-30)20-14-22(15-20)35-25-13-19(12-24-23(25)16-28-29-24)18-2-4-21(32)5-3-18/h2-5,12-13,16,20,22,32H,1,6-11,14-15H2,(H,28,29). The number of ether oxygens (including phenoxy) is 2. The van der Waals surface area contributed by atoms with Gasteiger partial charge in [0.1, 0.15) is 17.6 Å². The lowest BCUT2D eigenvalue weighted by atomic mass is 9.87. The van der Waals surface area contributed by atoms with Gasteiger partial charge in [0.2, 0.25) is 0 Å². The predicted molar refractivity (Wildman–Crippen MR) is 130 cm³/mol. The van der Waals surface area contributed by atoms with Gasteiger partial charge >= 0.3 is 0 Å². The highest BCUT2D eigenvalue weighted by Gasteiger charge is 2.38. The second kappa shape index (κ2) is 10.1. The minimum absolute atomic E-state index is 0.0961. The van der Waals surface area contributed by atoms with Gasteiger partial charge in [-0.2, -0.15) is 5.10 Å². The van der Waals surface area contributed by atoms with E-state index < -0.39 is 11.7 Å². The highest BCUT2D eigenvalue weighted by Crippen LogP contribution is 2.36. The first-order chi connectivity index (χ1) is 17.0. The maximum Gasteiger partial charge on any atom is 0.282 e. The minimum Gasteiger partial charge on any atom is -0.508 e. The zero-order valence-corrected chi connectivity index (χ0v) is 19.5. The molecule has 0 bridgehead atoms. The predicted octanol–water partition coefficient (Wildman–Crippen LogP) is 3.49. The van der Waals surface area contributed by atoms with Gasteiger partial charge < -0.3 is 19.5 Å². The van der Waals surface area contributed by atoms with Gasteiger partial charge in [-0.1, -0.05) is 18.7 Å². The number of morpholine rings is 1. The van der Waals surface area contributed by atoms with Crippen molar-refractivity contribution in [2.45, 2.75) is 25.0 Å². The van der Waals surface area contributed by atoms with Crippen LogP contribution in [0.25, 0.3) is 22.0 Å². The van der Waals surface area contributed by atoms with Crippen molar-refractivity contribution < 1.29 is 23.8 Å². The summed E-state index contributed by atoms with van der Waals surface area (Å²) in [5.41, 5.74) is 2.72. The van der Waals surface area contributed by atoms with E-state index in [1.165, 1.54) is 0 Å². The molecular formula is C26H29FN4O4. The molecule has 8 nitrogen and oxygen atoms in total. The monoisotopic (exact) mass is 480 g/mol. The van der Waals surface area contributed by atoms with Crippen molar-refractivity contribution in [2.75, 3.05) is 39.4 Å². The van der Waals surface area contributed by atoms with Crippen LogP contribution in [0.15, 0.2) is 55.0 Å². The molecule has 0 spiro atoms. The highest BCUT2D eigenvalue weighted by molar-refractivity contribution is 5.91. The number of phenolic OH excluding ortho intramolecular Hbond substituents is 1. The average Bonchev–Trinajstić information content (AvgIpc) is 3.32. The molecule has 2 aromatic carbocycles. The van der Waals surface area contributed by atoms with Crippen LogP contribution >= 0.6 is 0 Å².